The summed E-state index contributed by atoms with van der Waals surface area (Å²) in [5.74, 6) is 0.382. The van der Waals surface area contributed by atoms with Crippen molar-refractivity contribution in [2.75, 3.05) is 25.1 Å². The fraction of sp³-hybridized carbons (Fsp3) is 0.429. The predicted molar refractivity (Wildman–Crippen MR) is 74.3 cm³/mol. The molecule has 0 atom stereocenters. The smallest absolute Gasteiger partial charge is 0.240 e. The van der Waals surface area contributed by atoms with E-state index in [-0.39, 0.29) is 18.4 Å². The minimum atomic E-state index is -0.170. The highest BCUT2D eigenvalue weighted by molar-refractivity contribution is 5.97. The third kappa shape index (κ3) is 4.62. The van der Waals surface area contributed by atoms with Crippen molar-refractivity contribution in [2.45, 2.75) is 20.3 Å². The fourth-order valence-electron chi connectivity index (χ4n) is 1.61. The van der Waals surface area contributed by atoms with Crippen LogP contribution in [0.5, 0.6) is 5.75 Å². The molecule has 1 aromatic carbocycles. The van der Waals surface area contributed by atoms with E-state index < -0.39 is 0 Å². The van der Waals surface area contributed by atoms with Crippen molar-refractivity contribution in [1.82, 2.24) is 5.32 Å². The molecule has 0 aliphatic heterocycles. The van der Waals surface area contributed by atoms with Crippen LogP contribution < -0.4 is 15.0 Å². The number of carbonyl (C=O) groups excluding carboxylic acids is 2. The third-order valence-corrected chi connectivity index (χ3v) is 2.64. The molecule has 104 valence electrons. The minimum absolute atomic E-state index is 0.0294. The number of amides is 2. The molecule has 0 fully saturated rings. The number of rotatable bonds is 6. The van der Waals surface area contributed by atoms with Gasteiger partial charge in [-0.3, -0.25) is 9.59 Å². The highest BCUT2D eigenvalue weighted by Gasteiger charge is 2.15. The number of ether oxygens (including phenoxy) is 1. The standard InChI is InChI=1S/C14H20N2O3/c1-4-9-15-14(18)10-16(11(2)17)12-5-7-13(19-3)8-6-12/h5-8H,4,9-10H2,1-3H3,(H,15,18). The van der Waals surface area contributed by atoms with E-state index in [1.165, 1.54) is 11.8 Å². The summed E-state index contributed by atoms with van der Waals surface area (Å²) in [6, 6.07) is 7.03. The van der Waals surface area contributed by atoms with Crippen LogP contribution in [0.1, 0.15) is 20.3 Å². The second kappa shape index (κ2) is 7.41. The van der Waals surface area contributed by atoms with Gasteiger partial charge >= 0.3 is 0 Å². The van der Waals surface area contributed by atoms with Crippen molar-refractivity contribution in [3.05, 3.63) is 24.3 Å². The molecule has 0 spiro atoms. The molecule has 2 amide bonds. The fourth-order valence-corrected chi connectivity index (χ4v) is 1.61. The van der Waals surface area contributed by atoms with E-state index in [1.807, 2.05) is 6.92 Å². The lowest BCUT2D eigenvalue weighted by Gasteiger charge is -2.20. The lowest BCUT2D eigenvalue weighted by Crippen LogP contribution is -2.40. The van der Waals surface area contributed by atoms with E-state index >= 15 is 0 Å². The number of hydrogen-bond acceptors (Lipinski definition) is 3. The lowest BCUT2D eigenvalue weighted by molar-refractivity contribution is -0.123. The van der Waals surface area contributed by atoms with Gasteiger partial charge in [-0.2, -0.15) is 0 Å². The molecular weight excluding hydrogens is 244 g/mol. The van der Waals surface area contributed by atoms with Crippen molar-refractivity contribution in [3.8, 4) is 5.75 Å². The molecule has 0 aromatic heterocycles. The Morgan fingerprint density at radius 2 is 1.89 bits per heavy atom. The zero-order valence-electron chi connectivity index (χ0n) is 11.6. The van der Waals surface area contributed by atoms with Gasteiger partial charge in [-0.05, 0) is 30.7 Å². The summed E-state index contributed by atoms with van der Waals surface area (Å²) in [6.45, 7) is 4.07. The number of benzene rings is 1. The number of carbonyl (C=O) groups is 2. The summed E-state index contributed by atoms with van der Waals surface area (Å²) in [5, 5.41) is 2.75. The molecule has 0 saturated heterocycles. The average molecular weight is 264 g/mol. The molecule has 0 saturated carbocycles. The Morgan fingerprint density at radius 1 is 1.26 bits per heavy atom. The summed E-state index contributed by atoms with van der Waals surface area (Å²) in [7, 11) is 1.58. The summed E-state index contributed by atoms with van der Waals surface area (Å²) >= 11 is 0. The molecule has 0 radical (unpaired) electrons. The summed E-state index contributed by atoms with van der Waals surface area (Å²) in [4.78, 5) is 24.7. The van der Waals surface area contributed by atoms with E-state index in [0.29, 0.717) is 18.0 Å². The van der Waals surface area contributed by atoms with Gasteiger partial charge in [0, 0.05) is 19.2 Å². The van der Waals surface area contributed by atoms with Gasteiger partial charge in [0.2, 0.25) is 11.8 Å². The Bertz CT molecular complexity index is 429. The molecule has 1 aromatic rings. The van der Waals surface area contributed by atoms with Crippen LogP contribution >= 0.6 is 0 Å². The van der Waals surface area contributed by atoms with Gasteiger partial charge in [0.15, 0.2) is 0 Å². The van der Waals surface area contributed by atoms with Crippen LogP contribution in [0.4, 0.5) is 5.69 Å². The Kier molecular flexibility index (Phi) is 5.85. The number of nitrogens with zero attached hydrogens (tertiary/aromatic N) is 1. The molecule has 0 heterocycles. The Labute approximate surface area is 113 Å². The summed E-state index contributed by atoms with van der Waals surface area (Å²) < 4.78 is 5.06. The van der Waals surface area contributed by atoms with Crippen molar-refractivity contribution >= 4 is 17.5 Å². The molecule has 5 nitrogen and oxygen atoms in total. The molecule has 1 N–H and O–H groups in total. The summed E-state index contributed by atoms with van der Waals surface area (Å²) in [5.41, 5.74) is 0.681. The first-order valence-electron chi connectivity index (χ1n) is 6.27. The summed E-state index contributed by atoms with van der Waals surface area (Å²) in [6.07, 6.45) is 0.869. The van der Waals surface area contributed by atoms with Gasteiger partial charge in [-0.1, -0.05) is 6.92 Å². The maximum absolute atomic E-state index is 11.7. The van der Waals surface area contributed by atoms with Crippen LogP contribution in [0.2, 0.25) is 0 Å². The van der Waals surface area contributed by atoms with Crippen molar-refractivity contribution < 1.29 is 14.3 Å². The van der Waals surface area contributed by atoms with Crippen LogP contribution in [0.25, 0.3) is 0 Å². The van der Waals surface area contributed by atoms with Gasteiger partial charge in [0.1, 0.15) is 12.3 Å². The second-order valence-corrected chi connectivity index (χ2v) is 4.15. The van der Waals surface area contributed by atoms with Gasteiger partial charge in [-0.25, -0.2) is 0 Å². The van der Waals surface area contributed by atoms with E-state index in [4.69, 9.17) is 4.74 Å². The van der Waals surface area contributed by atoms with Gasteiger partial charge in [-0.15, -0.1) is 0 Å². The lowest BCUT2D eigenvalue weighted by atomic mass is 10.2. The normalized spacial score (nSPS) is 9.84. The van der Waals surface area contributed by atoms with Gasteiger partial charge < -0.3 is 15.0 Å². The largest absolute Gasteiger partial charge is 0.497 e. The molecule has 0 aliphatic rings. The molecule has 1 rings (SSSR count). The topological polar surface area (TPSA) is 58.6 Å². The highest BCUT2D eigenvalue weighted by Crippen LogP contribution is 2.19. The van der Waals surface area contributed by atoms with Gasteiger partial charge in [0.25, 0.3) is 0 Å². The quantitative estimate of drug-likeness (QED) is 0.848. The van der Waals surface area contributed by atoms with Crippen LogP contribution in [0, 0.1) is 0 Å². The monoisotopic (exact) mass is 264 g/mol. The van der Waals surface area contributed by atoms with Crippen LogP contribution in [-0.4, -0.2) is 32.0 Å². The third-order valence-electron chi connectivity index (χ3n) is 2.64. The van der Waals surface area contributed by atoms with Crippen LogP contribution in [-0.2, 0) is 9.59 Å². The molecule has 0 bridgehead atoms. The first-order valence-corrected chi connectivity index (χ1v) is 6.27. The number of nitrogens with one attached hydrogen (secondary N) is 1. The maximum atomic E-state index is 11.7. The molecule has 19 heavy (non-hydrogen) atoms. The SMILES string of the molecule is CCCNC(=O)CN(C(C)=O)c1ccc(OC)cc1. The zero-order valence-corrected chi connectivity index (χ0v) is 11.6. The van der Waals surface area contributed by atoms with Crippen molar-refractivity contribution in [2.24, 2.45) is 0 Å². The van der Waals surface area contributed by atoms with Crippen molar-refractivity contribution in [1.29, 1.82) is 0 Å². The van der Waals surface area contributed by atoms with Gasteiger partial charge in [0.05, 0.1) is 7.11 Å². The molecule has 5 heteroatoms. The van der Waals surface area contributed by atoms with E-state index in [1.54, 1.807) is 31.4 Å². The van der Waals surface area contributed by atoms with Crippen molar-refractivity contribution in [3.63, 3.8) is 0 Å². The molecular formula is C14H20N2O3. The highest BCUT2D eigenvalue weighted by atomic mass is 16.5. The molecule has 0 unspecified atom stereocenters. The molecule has 0 aliphatic carbocycles. The minimum Gasteiger partial charge on any atom is -0.497 e. The number of anilines is 1. The number of methoxy groups -OCH3 is 1. The average Bonchev–Trinajstić information content (AvgIpc) is 2.42. The Balaban J connectivity index is 2.76. The van der Waals surface area contributed by atoms with E-state index in [0.717, 1.165) is 6.42 Å². The maximum Gasteiger partial charge on any atom is 0.240 e. The van der Waals surface area contributed by atoms with Crippen LogP contribution in [0.3, 0.4) is 0 Å². The van der Waals surface area contributed by atoms with Crippen LogP contribution in [0.15, 0.2) is 24.3 Å². The second-order valence-electron chi connectivity index (χ2n) is 4.15. The Hall–Kier alpha value is -2.04. The number of hydrogen-bond donors (Lipinski definition) is 1. The van der Waals surface area contributed by atoms with E-state index in [2.05, 4.69) is 5.32 Å². The van der Waals surface area contributed by atoms with E-state index in [9.17, 15) is 9.59 Å². The Morgan fingerprint density at radius 3 is 2.37 bits per heavy atom. The first-order chi connectivity index (χ1) is 9.08. The predicted octanol–water partition coefficient (Wildman–Crippen LogP) is 1.57. The zero-order chi connectivity index (χ0) is 14.3. The first kappa shape index (κ1) is 15.0.